The average Bonchev–Trinajstić information content (AvgIpc) is 2.41. The quantitative estimate of drug-likeness (QED) is 0.668. The van der Waals surface area contributed by atoms with Crippen LogP contribution in [0.15, 0.2) is 65.6 Å². The highest BCUT2D eigenvalue weighted by molar-refractivity contribution is 7.98. The summed E-state index contributed by atoms with van der Waals surface area (Å²) in [7, 11) is 0. The van der Waals surface area contributed by atoms with E-state index >= 15 is 0 Å². The van der Waals surface area contributed by atoms with E-state index in [1.54, 1.807) is 0 Å². The zero-order chi connectivity index (χ0) is 11.6. The summed E-state index contributed by atoms with van der Waals surface area (Å²) in [5, 5.41) is 0. The van der Waals surface area contributed by atoms with E-state index < -0.39 is 0 Å². The summed E-state index contributed by atoms with van der Waals surface area (Å²) in [6.07, 6.45) is 0. The van der Waals surface area contributed by atoms with Gasteiger partial charge in [0.25, 0.3) is 0 Å². The monoisotopic (exact) mass is 230 g/mol. The summed E-state index contributed by atoms with van der Waals surface area (Å²) in [4.78, 5) is 1.33. The van der Waals surface area contributed by atoms with Crippen LogP contribution in [0.2, 0.25) is 0 Å². The lowest BCUT2D eigenvalue weighted by molar-refractivity contribution is 1.38. The van der Waals surface area contributed by atoms with E-state index in [0.29, 0.717) is 0 Å². The van der Waals surface area contributed by atoms with Crippen molar-refractivity contribution in [2.24, 2.45) is 0 Å². The standard InChI is InChI=1S/C13H12S.C2H6/c1-3-7-12(8-4-1)11-14-13-9-5-2-6-10-13;1-2/h1-10H,11H2;1-2H3. The first-order chi connectivity index (χ1) is 7.95. The largest absolute Gasteiger partial charge is 0.121 e. The van der Waals surface area contributed by atoms with Gasteiger partial charge in [0.05, 0.1) is 0 Å². The van der Waals surface area contributed by atoms with Gasteiger partial charge in [0.1, 0.15) is 0 Å². The van der Waals surface area contributed by atoms with Gasteiger partial charge in [-0.1, -0.05) is 62.4 Å². The maximum atomic E-state index is 2.16. The van der Waals surface area contributed by atoms with Crippen LogP contribution in [0.1, 0.15) is 19.4 Å². The lowest BCUT2D eigenvalue weighted by Gasteiger charge is -2.00. The van der Waals surface area contributed by atoms with Crippen LogP contribution in [0.5, 0.6) is 0 Å². The van der Waals surface area contributed by atoms with Crippen LogP contribution in [0.4, 0.5) is 0 Å². The molecule has 84 valence electrons. The molecule has 0 aliphatic heterocycles. The topological polar surface area (TPSA) is 0 Å². The Morgan fingerprint density at radius 1 is 0.750 bits per heavy atom. The Bertz CT molecular complexity index is 328. The molecule has 0 saturated heterocycles. The molecule has 2 aromatic carbocycles. The fourth-order valence-corrected chi connectivity index (χ4v) is 2.13. The summed E-state index contributed by atoms with van der Waals surface area (Å²) in [6.45, 7) is 4.00. The normalized spacial score (nSPS) is 9.12. The van der Waals surface area contributed by atoms with Crippen molar-refractivity contribution < 1.29 is 0 Å². The minimum absolute atomic E-state index is 1.05. The van der Waals surface area contributed by atoms with Crippen molar-refractivity contribution in [2.75, 3.05) is 0 Å². The Labute approximate surface area is 103 Å². The van der Waals surface area contributed by atoms with E-state index in [-0.39, 0.29) is 0 Å². The molecule has 2 rings (SSSR count). The van der Waals surface area contributed by atoms with Gasteiger partial charge >= 0.3 is 0 Å². The summed E-state index contributed by atoms with van der Waals surface area (Å²) >= 11 is 1.87. The van der Waals surface area contributed by atoms with Crippen molar-refractivity contribution in [2.45, 2.75) is 24.5 Å². The maximum Gasteiger partial charge on any atom is 0.0231 e. The van der Waals surface area contributed by atoms with Gasteiger partial charge in [-0.15, -0.1) is 11.8 Å². The summed E-state index contributed by atoms with van der Waals surface area (Å²) in [6, 6.07) is 21.0. The third-order valence-electron chi connectivity index (χ3n) is 1.99. The number of hydrogen-bond acceptors (Lipinski definition) is 1. The molecular formula is C15H18S. The van der Waals surface area contributed by atoms with Crippen LogP contribution in [0.3, 0.4) is 0 Å². The molecule has 1 heteroatoms. The Balaban J connectivity index is 0.000000606. The molecule has 0 bridgehead atoms. The second-order valence-corrected chi connectivity index (χ2v) is 4.14. The first-order valence-corrected chi connectivity index (χ1v) is 6.65. The predicted octanol–water partition coefficient (Wildman–Crippen LogP) is 5.01. The molecule has 0 aliphatic rings. The molecule has 0 aromatic heterocycles. The summed E-state index contributed by atoms with van der Waals surface area (Å²) < 4.78 is 0. The van der Waals surface area contributed by atoms with Gasteiger partial charge in [0.15, 0.2) is 0 Å². The van der Waals surface area contributed by atoms with E-state index in [4.69, 9.17) is 0 Å². The maximum absolute atomic E-state index is 2.16. The van der Waals surface area contributed by atoms with E-state index in [9.17, 15) is 0 Å². The Kier molecular flexibility index (Phi) is 6.43. The minimum atomic E-state index is 1.05. The Morgan fingerprint density at radius 2 is 1.25 bits per heavy atom. The second-order valence-electron chi connectivity index (χ2n) is 3.09. The molecule has 0 saturated carbocycles. The minimum Gasteiger partial charge on any atom is -0.121 e. The molecule has 0 aliphatic carbocycles. The van der Waals surface area contributed by atoms with Crippen LogP contribution in [0.25, 0.3) is 0 Å². The molecule has 0 unspecified atom stereocenters. The Morgan fingerprint density at radius 3 is 1.81 bits per heavy atom. The number of hydrogen-bond donors (Lipinski definition) is 0. The van der Waals surface area contributed by atoms with Gasteiger partial charge in [-0.2, -0.15) is 0 Å². The summed E-state index contributed by atoms with van der Waals surface area (Å²) in [5.74, 6) is 1.05. The van der Waals surface area contributed by atoms with Crippen molar-refractivity contribution >= 4 is 11.8 Å². The predicted molar refractivity (Wildman–Crippen MR) is 73.8 cm³/mol. The molecule has 0 N–H and O–H groups in total. The van der Waals surface area contributed by atoms with Crippen LogP contribution < -0.4 is 0 Å². The zero-order valence-electron chi connectivity index (χ0n) is 9.89. The number of benzene rings is 2. The third-order valence-corrected chi connectivity index (χ3v) is 3.07. The molecule has 0 nitrogen and oxygen atoms in total. The van der Waals surface area contributed by atoms with Crippen LogP contribution in [0, 0.1) is 0 Å². The first kappa shape index (κ1) is 12.9. The van der Waals surface area contributed by atoms with E-state index in [1.807, 2.05) is 31.7 Å². The average molecular weight is 230 g/mol. The second kappa shape index (κ2) is 8.00. The molecule has 0 heterocycles. The fraction of sp³-hybridized carbons (Fsp3) is 0.200. The highest BCUT2D eigenvalue weighted by atomic mass is 32.2. The summed E-state index contributed by atoms with van der Waals surface area (Å²) in [5.41, 5.74) is 1.38. The van der Waals surface area contributed by atoms with E-state index in [0.717, 1.165) is 5.75 Å². The van der Waals surface area contributed by atoms with Crippen LogP contribution in [-0.4, -0.2) is 0 Å². The fourth-order valence-electron chi connectivity index (χ4n) is 1.26. The van der Waals surface area contributed by atoms with Crippen molar-refractivity contribution in [1.29, 1.82) is 0 Å². The first-order valence-electron chi connectivity index (χ1n) is 5.67. The van der Waals surface area contributed by atoms with Crippen molar-refractivity contribution in [3.63, 3.8) is 0 Å². The third kappa shape index (κ3) is 4.54. The molecule has 2 aromatic rings. The highest BCUT2D eigenvalue weighted by Gasteiger charge is 1.93. The molecule has 0 fully saturated rings. The van der Waals surface area contributed by atoms with Gasteiger partial charge in [0, 0.05) is 10.6 Å². The smallest absolute Gasteiger partial charge is 0.0231 e. The number of thioether (sulfide) groups is 1. The lowest BCUT2D eigenvalue weighted by atomic mass is 10.2. The van der Waals surface area contributed by atoms with Gasteiger partial charge in [-0.25, -0.2) is 0 Å². The lowest BCUT2D eigenvalue weighted by Crippen LogP contribution is -1.78. The Hall–Kier alpha value is -1.21. The van der Waals surface area contributed by atoms with Crippen molar-refractivity contribution in [3.8, 4) is 0 Å². The van der Waals surface area contributed by atoms with Gasteiger partial charge in [-0.05, 0) is 17.7 Å². The molecule has 0 spiro atoms. The molecule has 0 amide bonds. The van der Waals surface area contributed by atoms with Gasteiger partial charge in [0.2, 0.25) is 0 Å². The molecule has 16 heavy (non-hydrogen) atoms. The zero-order valence-corrected chi connectivity index (χ0v) is 10.7. The van der Waals surface area contributed by atoms with Crippen molar-refractivity contribution in [1.82, 2.24) is 0 Å². The van der Waals surface area contributed by atoms with E-state index in [1.165, 1.54) is 10.5 Å². The van der Waals surface area contributed by atoms with Gasteiger partial charge in [-0.3, -0.25) is 0 Å². The van der Waals surface area contributed by atoms with E-state index in [2.05, 4.69) is 54.6 Å². The number of rotatable bonds is 3. The molecule has 0 radical (unpaired) electrons. The molecule has 0 atom stereocenters. The molecular weight excluding hydrogens is 212 g/mol. The van der Waals surface area contributed by atoms with Crippen LogP contribution >= 0.6 is 11.8 Å². The SMILES string of the molecule is CC.c1ccc(CSc2ccccc2)cc1. The van der Waals surface area contributed by atoms with Crippen LogP contribution in [-0.2, 0) is 5.75 Å². The van der Waals surface area contributed by atoms with Crippen molar-refractivity contribution in [3.05, 3.63) is 66.2 Å². The van der Waals surface area contributed by atoms with Gasteiger partial charge < -0.3 is 0 Å². The highest BCUT2D eigenvalue weighted by Crippen LogP contribution is 2.21.